The molecule has 2 amide bonds. The Labute approximate surface area is 141 Å². The van der Waals surface area contributed by atoms with Crippen molar-refractivity contribution in [3.8, 4) is 0 Å². The van der Waals surface area contributed by atoms with E-state index in [4.69, 9.17) is 0 Å². The quantitative estimate of drug-likeness (QED) is 0.753. The average Bonchev–Trinajstić information content (AvgIpc) is 3.11. The summed E-state index contributed by atoms with van der Waals surface area (Å²) >= 11 is 0. The van der Waals surface area contributed by atoms with Gasteiger partial charge in [0, 0.05) is 37.2 Å². The molecule has 0 spiro atoms. The number of carbonyl (C=O) groups is 2. The van der Waals surface area contributed by atoms with Crippen molar-refractivity contribution < 1.29 is 19.8 Å². The molecule has 6 nitrogen and oxygen atoms in total. The van der Waals surface area contributed by atoms with Crippen LogP contribution >= 0.6 is 0 Å². The summed E-state index contributed by atoms with van der Waals surface area (Å²) in [4.78, 5) is 26.3. The number of nitrogens with one attached hydrogen (secondary N) is 1. The first-order valence-corrected chi connectivity index (χ1v) is 8.44. The minimum Gasteiger partial charge on any atom is -0.396 e. The zero-order chi connectivity index (χ0) is 17.3. The van der Waals surface area contributed by atoms with E-state index in [2.05, 4.69) is 5.32 Å². The number of rotatable bonds is 4. The molecule has 1 aliphatic carbocycles. The summed E-state index contributed by atoms with van der Waals surface area (Å²) in [6.07, 6.45) is 0.665. The fourth-order valence-corrected chi connectivity index (χ4v) is 3.59. The largest absolute Gasteiger partial charge is 0.396 e. The van der Waals surface area contributed by atoms with Gasteiger partial charge in [-0.15, -0.1) is 0 Å². The molecule has 0 radical (unpaired) electrons. The molecular weight excluding hydrogens is 308 g/mol. The maximum absolute atomic E-state index is 12.4. The van der Waals surface area contributed by atoms with Gasteiger partial charge in [0.25, 0.3) is 0 Å². The molecule has 24 heavy (non-hydrogen) atoms. The Kier molecular flexibility index (Phi) is 4.87. The van der Waals surface area contributed by atoms with Gasteiger partial charge in [-0.25, -0.2) is 0 Å². The number of aliphatic hydroxyl groups excluding tert-OH is 2. The van der Waals surface area contributed by atoms with Crippen molar-refractivity contribution in [2.24, 2.45) is 11.8 Å². The van der Waals surface area contributed by atoms with Crippen LogP contribution in [-0.4, -0.2) is 47.3 Å². The molecule has 1 saturated carbocycles. The van der Waals surface area contributed by atoms with E-state index in [1.165, 1.54) is 0 Å². The highest BCUT2D eigenvalue weighted by Gasteiger charge is 2.38. The second-order valence-corrected chi connectivity index (χ2v) is 6.93. The van der Waals surface area contributed by atoms with Gasteiger partial charge >= 0.3 is 0 Å². The number of carbonyl (C=O) groups excluding carboxylic acids is 2. The molecule has 1 heterocycles. The molecule has 3 N–H and O–H groups in total. The van der Waals surface area contributed by atoms with Gasteiger partial charge in [-0.2, -0.15) is 0 Å². The van der Waals surface area contributed by atoms with Gasteiger partial charge in [0.05, 0.1) is 12.0 Å². The first-order chi connectivity index (χ1) is 11.5. The molecule has 4 atom stereocenters. The van der Waals surface area contributed by atoms with Gasteiger partial charge < -0.3 is 20.4 Å². The molecule has 0 aromatic heterocycles. The number of nitrogens with zero attached hydrogens (tertiary/aromatic N) is 1. The molecule has 1 aromatic carbocycles. The van der Waals surface area contributed by atoms with Gasteiger partial charge in [-0.1, -0.05) is 17.7 Å². The zero-order valence-electron chi connectivity index (χ0n) is 13.8. The summed E-state index contributed by atoms with van der Waals surface area (Å²) in [5, 5.41) is 21.9. The first kappa shape index (κ1) is 16.9. The van der Waals surface area contributed by atoms with Crippen LogP contribution in [0.5, 0.6) is 0 Å². The Morgan fingerprint density at radius 3 is 2.62 bits per heavy atom. The maximum atomic E-state index is 12.4. The smallest absolute Gasteiger partial charge is 0.227 e. The van der Waals surface area contributed by atoms with Gasteiger partial charge in [-0.3, -0.25) is 9.59 Å². The van der Waals surface area contributed by atoms with E-state index in [9.17, 15) is 19.8 Å². The van der Waals surface area contributed by atoms with Crippen molar-refractivity contribution in [2.75, 3.05) is 18.1 Å². The molecule has 6 heteroatoms. The Hall–Kier alpha value is -1.92. The molecular formula is C18H24N2O4. The number of benzene rings is 1. The van der Waals surface area contributed by atoms with E-state index in [0.717, 1.165) is 11.3 Å². The van der Waals surface area contributed by atoms with Crippen LogP contribution in [0.3, 0.4) is 0 Å². The summed E-state index contributed by atoms with van der Waals surface area (Å²) in [7, 11) is 0. The van der Waals surface area contributed by atoms with E-state index < -0.39 is 6.10 Å². The monoisotopic (exact) mass is 332 g/mol. The number of hydrogen-bond donors (Lipinski definition) is 3. The average molecular weight is 332 g/mol. The van der Waals surface area contributed by atoms with Crippen LogP contribution in [0.25, 0.3) is 0 Å². The fraction of sp³-hybridized carbons (Fsp3) is 0.556. The summed E-state index contributed by atoms with van der Waals surface area (Å²) in [6.45, 7) is 2.30. The van der Waals surface area contributed by atoms with E-state index in [-0.39, 0.29) is 42.7 Å². The highest BCUT2D eigenvalue weighted by Crippen LogP contribution is 2.28. The van der Waals surface area contributed by atoms with Gasteiger partial charge in [0.1, 0.15) is 0 Å². The van der Waals surface area contributed by atoms with Crippen molar-refractivity contribution in [1.29, 1.82) is 0 Å². The normalized spacial score (nSPS) is 30.0. The first-order valence-electron chi connectivity index (χ1n) is 8.44. The van der Waals surface area contributed by atoms with E-state index in [1.807, 2.05) is 31.2 Å². The minimum atomic E-state index is -0.574. The predicted molar refractivity (Wildman–Crippen MR) is 89.4 cm³/mol. The minimum absolute atomic E-state index is 0.0429. The number of hydrogen-bond acceptors (Lipinski definition) is 4. The van der Waals surface area contributed by atoms with Crippen LogP contribution in [0.4, 0.5) is 5.69 Å². The fourth-order valence-electron chi connectivity index (χ4n) is 3.59. The lowest BCUT2D eigenvalue weighted by atomic mass is 10.1. The van der Waals surface area contributed by atoms with E-state index in [1.54, 1.807) is 4.90 Å². The summed E-state index contributed by atoms with van der Waals surface area (Å²) in [6, 6.07) is 7.56. The molecule has 1 saturated heterocycles. The highest BCUT2D eigenvalue weighted by molar-refractivity contribution is 6.00. The molecule has 3 rings (SSSR count). The van der Waals surface area contributed by atoms with Crippen molar-refractivity contribution in [3.63, 3.8) is 0 Å². The van der Waals surface area contributed by atoms with Crippen LogP contribution in [0.2, 0.25) is 0 Å². The van der Waals surface area contributed by atoms with Crippen LogP contribution in [0.1, 0.15) is 24.8 Å². The molecule has 1 aromatic rings. The standard InChI is InChI=1S/C18H24N2O4/c1-11-2-4-15(5-3-11)20-9-12(7-17(20)23)18(24)19-14-6-13(10-21)16(22)8-14/h2-5,12-14,16,21-22H,6-10H2,1H3,(H,19,24)/t12-,13+,14+,16+/m1/s1. The molecule has 2 aliphatic rings. The van der Waals surface area contributed by atoms with Crippen LogP contribution in [0.15, 0.2) is 24.3 Å². The molecule has 2 fully saturated rings. The Morgan fingerprint density at radius 1 is 1.29 bits per heavy atom. The third kappa shape index (κ3) is 3.44. The number of aryl methyl sites for hydroxylation is 1. The number of aliphatic hydroxyl groups is 2. The van der Waals surface area contributed by atoms with Crippen LogP contribution < -0.4 is 10.2 Å². The second kappa shape index (κ2) is 6.91. The highest BCUT2D eigenvalue weighted by atomic mass is 16.3. The Bertz CT molecular complexity index is 616. The summed E-state index contributed by atoms with van der Waals surface area (Å²) < 4.78 is 0. The Morgan fingerprint density at radius 2 is 2.00 bits per heavy atom. The van der Waals surface area contributed by atoms with Gasteiger partial charge in [0.15, 0.2) is 0 Å². The van der Waals surface area contributed by atoms with Gasteiger partial charge in [-0.05, 0) is 31.9 Å². The molecule has 1 aliphatic heterocycles. The maximum Gasteiger partial charge on any atom is 0.227 e. The topological polar surface area (TPSA) is 89.9 Å². The van der Waals surface area contributed by atoms with Crippen molar-refractivity contribution in [1.82, 2.24) is 5.32 Å². The number of amides is 2. The van der Waals surface area contributed by atoms with Crippen molar-refractivity contribution >= 4 is 17.5 Å². The zero-order valence-corrected chi connectivity index (χ0v) is 13.8. The second-order valence-electron chi connectivity index (χ2n) is 6.93. The third-order valence-electron chi connectivity index (χ3n) is 5.08. The molecule has 130 valence electrons. The third-order valence-corrected chi connectivity index (χ3v) is 5.08. The van der Waals surface area contributed by atoms with Crippen molar-refractivity contribution in [3.05, 3.63) is 29.8 Å². The summed E-state index contributed by atoms with van der Waals surface area (Å²) in [5.74, 6) is -0.735. The van der Waals surface area contributed by atoms with E-state index in [0.29, 0.717) is 19.4 Å². The lowest BCUT2D eigenvalue weighted by Crippen LogP contribution is -2.39. The van der Waals surface area contributed by atoms with Crippen LogP contribution in [0, 0.1) is 18.8 Å². The van der Waals surface area contributed by atoms with E-state index >= 15 is 0 Å². The summed E-state index contributed by atoms with van der Waals surface area (Å²) in [5.41, 5.74) is 1.94. The lowest BCUT2D eigenvalue weighted by Gasteiger charge is -2.18. The molecule has 0 bridgehead atoms. The predicted octanol–water partition coefficient (Wildman–Crippen LogP) is 0.596. The Balaban J connectivity index is 1.59. The lowest BCUT2D eigenvalue weighted by molar-refractivity contribution is -0.126. The number of anilines is 1. The van der Waals surface area contributed by atoms with Gasteiger partial charge in [0.2, 0.25) is 11.8 Å². The SMILES string of the molecule is Cc1ccc(N2C[C@H](C(=O)N[C@H]3C[C@@H](CO)[C@@H](O)C3)CC2=O)cc1. The van der Waals surface area contributed by atoms with Crippen LogP contribution in [-0.2, 0) is 9.59 Å². The van der Waals surface area contributed by atoms with Crippen molar-refractivity contribution in [2.45, 2.75) is 38.3 Å². The molecule has 0 unspecified atom stereocenters.